The molecule has 0 spiro atoms. The van der Waals surface area contributed by atoms with E-state index in [2.05, 4.69) is 4.74 Å². The van der Waals surface area contributed by atoms with Gasteiger partial charge < -0.3 is 10.5 Å². The molecule has 17 heavy (non-hydrogen) atoms. The van der Waals surface area contributed by atoms with Gasteiger partial charge in [-0.25, -0.2) is 13.2 Å². The zero-order chi connectivity index (χ0) is 12.8. The summed E-state index contributed by atoms with van der Waals surface area (Å²) in [6, 6.07) is 4.24. The third-order valence-corrected chi connectivity index (χ3v) is 2.38. The van der Waals surface area contributed by atoms with Gasteiger partial charge in [0.1, 0.15) is 6.61 Å². The first-order valence-corrected chi connectivity index (χ1v) is 5.47. The minimum Gasteiger partial charge on any atom is -0.485 e. The molecule has 0 saturated carbocycles. The lowest BCUT2D eigenvalue weighted by molar-refractivity contribution is 0.0799. The van der Waals surface area contributed by atoms with Crippen molar-refractivity contribution in [2.45, 2.75) is 32.2 Å². The van der Waals surface area contributed by atoms with Crippen molar-refractivity contribution >= 4 is 0 Å². The number of ether oxygens (including phenoxy) is 1. The average Bonchev–Trinajstić information content (AvgIpc) is 2.27. The molecule has 5 heteroatoms. The summed E-state index contributed by atoms with van der Waals surface area (Å²) in [5.74, 6) is -0.787. The van der Waals surface area contributed by atoms with E-state index in [1.807, 2.05) is 6.92 Å². The van der Waals surface area contributed by atoms with Gasteiger partial charge in [0.05, 0.1) is 0 Å². The van der Waals surface area contributed by atoms with Gasteiger partial charge in [0, 0.05) is 6.04 Å². The van der Waals surface area contributed by atoms with Gasteiger partial charge in [-0.1, -0.05) is 13.0 Å². The Labute approximate surface area is 98.6 Å². The van der Waals surface area contributed by atoms with Crippen LogP contribution in [0.1, 0.15) is 18.9 Å². The number of halogens is 3. The number of hydrogen-bond donors (Lipinski definition) is 1. The second kappa shape index (κ2) is 6.49. The van der Waals surface area contributed by atoms with Crippen LogP contribution in [0.25, 0.3) is 0 Å². The van der Waals surface area contributed by atoms with E-state index in [4.69, 9.17) is 5.73 Å². The molecule has 2 N–H and O–H groups in total. The molecular weight excluding hydrogens is 231 g/mol. The minimum atomic E-state index is -2.61. The minimum absolute atomic E-state index is 0.0257. The first-order valence-electron chi connectivity index (χ1n) is 5.47. The third kappa shape index (κ3) is 4.65. The van der Waals surface area contributed by atoms with Crippen LogP contribution in [0.3, 0.4) is 0 Å². The summed E-state index contributed by atoms with van der Waals surface area (Å²) in [5, 5.41) is 0. The maximum absolute atomic E-state index is 13.4. The Balaban J connectivity index is 2.65. The van der Waals surface area contributed by atoms with Crippen molar-refractivity contribution in [2.24, 2.45) is 5.73 Å². The molecule has 1 unspecified atom stereocenters. The Hall–Kier alpha value is -1.23. The van der Waals surface area contributed by atoms with Crippen LogP contribution in [-0.4, -0.2) is 19.1 Å². The summed E-state index contributed by atoms with van der Waals surface area (Å²) in [4.78, 5) is 0. The van der Waals surface area contributed by atoms with Crippen LogP contribution in [-0.2, 0) is 6.42 Å². The fourth-order valence-electron chi connectivity index (χ4n) is 1.39. The Morgan fingerprint density at radius 3 is 2.59 bits per heavy atom. The Morgan fingerprint density at radius 2 is 2.06 bits per heavy atom. The lowest BCUT2D eigenvalue weighted by atomic mass is 10.0. The molecule has 96 valence electrons. The van der Waals surface area contributed by atoms with Gasteiger partial charge in [-0.3, -0.25) is 0 Å². The number of nitrogens with two attached hydrogens (primary N) is 1. The van der Waals surface area contributed by atoms with E-state index in [-0.39, 0.29) is 11.8 Å². The maximum atomic E-state index is 13.4. The molecule has 0 bridgehead atoms. The van der Waals surface area contributed by atoms with E-state index in [1.165, 1.54) is 12.1 Å². The van der Waals surface area contributed by atoms with E-state index >= 15 is 0 Å². The topological polar surface area (TPSA) is 35.2 Å². The third-order valence-electron chi connectivity index (χ3n) is 2.38. The summed E-state index contributed by atoms with van der Waals surface area (Å²) in [5.41, 5.74) is 6.48. The molecule has 0 amide bonds. The van der Waals surface area contributed by atoms with Gasteiger partial charge in [0.25, 0.3) is 6.43 Å². The fourth-order valence-corrected chi connectivity index (χ4v) is 1.39. The summed E-state index contributed by atoms with van der Waals surface area (Å²) in [6.07, 6.45) is -1.25. The molecular formula is C12H16F3NO. The van der Waals surface area contributed by atoms with Crippen LogP contribution < -0.4 is 10.5 Å². The molecule has 0 radical (unpaired) electrons. The molecule has 0 aromatic heterocycles. The molecule has 1 atom stereocenters. The van der Waals surface area contributed by atoms with E-state index < -0.39 is 18.8 Å². The van der Waals surface area contributed by atoms with Crippen LogP contribution in [0.5, 0.6) is 5.75 Å². The molecule has 1 aromatic carbocycles. The van der Waals surface area contributed by atoms with Crippen molar-refractivity contribution in [3.63, 3.8) is 0 Å². The number of alkyl halides is 2. The largest absolute Gasteiger partial charge is 0.485 e. The highest BCUT2D eigenvalue weighted by atomic mass is 19.3. The van der Waals surface area contributed by atoms with Gasteiger partial charge >= 0.3 is 0 Å². The zero-order valence-corrected chi connectivity index (χ0v) is 9.63. The molecule has 2 nitrogen and oxygen atoms in total. The van der Waals surface area contributed by atoms with Gasteiger partial charge in [0.2, 0.25) is 0 Å². The molecule has 0 heterocycles. The summed E-state index contributed by atoms with van der Waals surface area (Å²) in [7, 11) is 0. The number of hydrogen-bond acceptors (Lipinski definition) is 2. The smallest absolute Gasteiger partial charge is 0.272 e. The Bertz CT molecular complexity index is 358. The van der Waals surface area contributed by atoms with Crippen molar-refractivity contribution in [3.05, 3.63) is 29.6 Å². The van der Waals surface area contributed by atoms with Gasteiger partial charge in [-0.2, -0.15) is 0 Å². The average molecular weight is 247 g/mol. The van der Waals surface area contributed by atoms with Crippen molar-refractivity contribution in [3.8, 4) is 5.75 Å². The quantitative estimate of drug-likeness (QED) is 0.838. The number of rotatable bonds is 6. The second-order valence-corrected chi connectivity index (χ2v) is 3.84. The Morgan fingerprint density at radius 1 is 1.35 bits per heavy atom. The predicted molar refractivity (Wildman–Crippen MR) is 59.9 cm³/mol. The lowest BCUT2D eigenvalue weighted by Crippen LogP contribution is -2.21. The van der Waals surface area contributed by atoms with Crippen LogP contribution in [0.4, 0.5) is 13.2 Å². The number of benzene rings is 1. The zero-order valence-electron chi connectivity index (χ0n) is 9.63. The SMILES string of the molecule is CCC(N)Cc1ccc(OCC(F)F)c(F)c1. The van der Waals surface area contributed by atoms with E-state index in [0.717, 1.165) is 12.0 Å². The van der Waals surface area contributed by atoms with Crippen molar-refractivity contribution in [1.82, 2.24) is 0 Å². The van der Waals surface area contributed by atoms with E-state index in [9.17, 15) is 13.2 Å². The standard InChI is InChI=1S/C12H16F3NO/c1-2-9(16)5-8-3-4-11(10(13)6-8)17-7-12(14)15/h3-4,6,9,12H,2,5,7,16H2,1H3. The maximum Gasteiger partial charge on any atom is 0.272 e. The second-order valence-electron chi connectivity index (χ2n) is 3.84. The molecule has 0 fully saturated rings. The van der Waals surface area contributed by atoms with E-state index in [1.54, 1.807) is 6.07 Å². The monoisotopic (exact) mass is 247 g/mol. The molecule has 1 rings (SSSR count). The molecule has 0 aliphatic carbocycles. The highest BCUT2D eigenvalue weighted by molar-refractivity contribution is 5.29. The van der Waals surface area contributed by atoms with Crippen molar-refractivity contribution in [2.75, 3.05) is 6.61 Å². The normalized spacial score (nSPS) is 12.8. The molecule has 1 aromatic rings. The van der Waals surface area contributed by atoms with Crippen molar-refractivity contribution < 1.29 is 17.9 Å². The summed E-state index contributed by atoms with van der Waals surface area (Å²) >= 11 is 0. The fraction of sp³-hybridized carbons (Fsp3) is 0.500. The predicted octanol–water partition coefficient (Wildman–Crippen LogP) is 2.75. The van der Waals surface area contributed by atoms with Gasteiger partial charge in [-0.15, -0.1) is 0 Å². The summed E-state index contributed by atoms with van der Waals surface area (Å²) < 4.78 is 41.8. The van der Waals surface area contributed by atoms with Gasteiger partial charge in [0.15, 0.2) is 11.6 Å². The first-order chi connectivity index (χ1) is 8.02. The van der Waals surface area contributed by atoms with Crippen LogP contribution >= 0.6 is 0 Å². The molecule has 0 aliphatic heterocycles. The first kappa shape index (κ1) is 13.8. The lowest BCUT2D eigenvalue weighted by Gasteiger charge is -2.11. The van der Waals surface area contributed by atoms with Crippen LogP contribution in [0.15, 0.2) is 18.2 Å². The molecule has 0 aliphatic rings. The highest BCUT2D eigenvalue weighted by Crippen LogP contribution is 2.19. The Kier molecular flexibility index (Phi) is 5.28. The van der Waals surface area contributed by atoms with Crippen LogP contribution in [0, 0.1) is 5.82 Å². The van der Waals surface area contributed by atoms with Gasteiger partial charge in [-0.05, 0) is 30.5 Å². The van der Waals surface area contributed by atoms with E-state index in [0.29, 0.717) is 6.42 Å². The van der Waals surface area contributed by atoms with Crippen molar-refractivity contribution in [1.29, 1.82) is 0 Å². The highest BCUT2D eigenvalue weighted by Gasteiger charge is 2.09. The van der Waals surface area contributed by atoms with Crippen LogP contribution in [0.2, 0.25) is 0 Å². The molecule has 0 saturated heterocycles. The summed E-state index contributed by atoms with van der Waals surface area (Å²) in [6.45, 7) is 1.14.